The number of carbonyl (C=O) groups is 2. The zero-order chi connectivity index (χ0) is 15.4. The average Bonchev–Trinajstić information content (AvgIpc) is 2.85. The van der Waals surface area contributed by atoms with Crippen LogP contribution in [0, 0.1) is 10.1 Å². The standard InChI is InChI=1S/C12H10N4O5/c17-11(18)7-15-6-8(5-13-15)14-12(19)9-3-1-2-4-10(9)16(20)21/h1-6H,7H2,(H,14,19)(H,17,18). The summed E-state index contributed by atoms with van der Waals surface area (Å²) in [7, 11) is 0. The molecular weight excluding hydrogens is 280 g/mol. The van der Waals surface area contributed by atoms with E-state index in [2.05, 4.69) is 10.4 Å². The molecule has 0 aliphatic carbocycles. The molecule has 0 atom stereocenters. The number of hydrogen-bond acceptors (Lipinski definition) is 5. The Labute approximate surface area is 118 Å². The molecule has 2 rings (SSSR count). The van der Waals surface area contributed by atoms with Crippen molar-refractivity contribution in [2.24, 2.45) is 0 Å². The molecule has 0 bridgehead atoms. The van der Waals surface area contributed by atoms with Crippen LogP contribution < -0.4 is 5.32 Å². The van der Waals surface area contributed by atoms with Crippen molar-refractivity contribution in [3.05, 3.63) is 52.3 Å². The van der Waals surface area contributed by atoms with Gasteiger partial charge >= 0.3 is 5.97 Å². The molecule has 9 heteroatoms. The molecule has 0 aliphatic rings. The fraction of sp³-hybridized carbons (Fsp3) is 0.0833. The van der Waals surface area contributed by atoms with Gasteiger partial charge in [-0.25, -0.2) is 0 Å². The van der Waals surface area contributed by atoms with Gasteiger partial charge in [0.25, 0.3) is 11.6 Å². The van der Waals surface area contributed by atoms with Gasteiger partial charge in [-0.2, -0.15) is 5.10 Å². The summed E-state index contributed by atoms with van der Waals surface area (Å²) in [5.74, 6) is -1.74. The normalized spacial score (nSPS) is 10.1. The fourth-order valence-electron chi connectivity index (χ4n) is 1.68. The number of aromatic nitrogens is 2. The Morgan fingerprint density at radius 3 is 2.76 bits per heavy atom. The van der Waals surface area contributed by atoms with E-state index in [1.165, 1.54) is 36.7 Å². The number of para-hydroxylation sites is 1. The van der Waals surface area contributed by atoms with Crippen LogP contribution in [0.2, 0.25) is 0 Å². The van der Waals surface area contributed by atoms with E-state index in [0.29, 0.717) is 0 Å². The minimum Gasteiger partial charge on any atom is -0.480 e. The molecule has 1 aromatic heterocycles. The van der Waals surface area contributed by atoms with Gasteiger partial charge in [-0.15, -0.1) is 0 Å². The third-order valence-electron chi connectivity index (χ3n) is 2.53. The van der Waals surface area contributed by atoms with E-state index >= 15 is 0 Å². The van der Waals surface area contributed by atoms with E-state index in [1.807, 2.05) is 0 Å². The zero-order valence-electron chi connectivity index (χ0n) is 10.6. The van der Waals surface area contributed by atoms with Crippen LogP contribution in [-0.2, 0) is 11.3 Å². The number of nitro benzene ring substituents is 1. The molecule has 0 spiro atoms. The lowest BCUT2D eigenvalue weighted by atomic mass is 10.1. The number of nitro groups is 1. The quantitative estimate of drug-likeness (QED) is 0.627. The van der Waals surface area contributed by atoms with Crippen molar-refractivity contribution in [2.75, 3.05) is 5.32 Å². The SMILES string of the molecule is O=C(O)Cn1cc(NC(=O)c2ccccc2[N+](=O)[O-])cn1. The molecule has 2 aromatic rings. The Balaban J connectivity index is 2.17. The molecule has 9 nitrogen and oxygen atoms in total. The van der Waals surface area contributed by atoms with Crippen LogP contribution in [0.1, 0.15) is 10.4 Å². The second-order valence-electron chi connectivity index (χ2n) is 4.05. The average molecular weight is 290 g/mol. The molecule has 2 N–H and O–H groups in total. The topological polar surface area (TPSA) is 127 Å². The smallest absolute Gasteiger partial charge is 0.325 e. The van der Waals surface area contributed by atoms with Crippen molar-refractivity contribution >= 4 is 23.3 Å². The van der Waals surface area contributed by atoms with Crippen LogP contribution in [0.5, 0.6) is 0 Å². The monoisotopic (exact) mass is 290 g/mol. The number of anilines is 1. The van der Waals surface area contributed by atoms with Crippen LogP contribution in [0.3, 0.4) is 0 Å². The highest BCUT2D eigenvalue weighted by Gasteiger charge is 2.19. The van der Waals surface area contributed by atoms with Crippen molar-refractivity contribution in [3.8, 4) is 0 Å². The van der Waals surface area contributed by atoms with E-state index in [4.69, 9.17) is 5.11 Å². The van der Waals surface area contributed by atoms with Crippen LogP contribution in [0.15, 0.2) is 36.7 Å². The van der Waals surface area contributed by atoms with Crippen LogP contribution in [0.25, 0.3) is 0 Å². The van der Waals surface area contributed by atoms with E-state index in [0.717, 1.165) is 4.68 Å². The Bertz CT molecular complexity index is 709. The largest absolute Gasteiger partial charge is 0.480 e. The summed E-state index contributed by atoms with van der Waals surface area (Å²) >= 11 is 0. The maximum absolute atomic E-state index is 12.0. The summed E-state index contributed by atoms with van der Waals surface area (Å²) < 4.78 is 1.12. The second-order valence-corrected chi connectivity index (χ2v) is 4.05. The number of amides is 1. The summed E-state index contributed by atoms with van der Waals surface area (Å²) in [6.45, 7) is -0.346. The summed E-state index contributed by atoms with van der Waals surface area (Å²) in [6, 6.07) is 5.52. The Hall–Kier alpha value is -3.23. The van der Waals surface area contributed by atoms with Crippen LogP contribution in [-0.4, -0.2) is 31.7 Å². The Morgan fingerprint density at radius 1 is 1.38 bits per heavy atom. The number of aliphatic carboxylic acids is 1. The van der Waals surface area contributed by atoms with Crippen LogP contribution >= 0.6 is 0 Å². The number of nitrogens with zero attached hydrogens (tertiary/aromatic N) is 3. The van der Waals surface area contributed by atoms with Crippen molar-refractivity contribution < 1.29 is 19.6 Å². The van der Waals surface area contributed by atoms with Gasteiger partial charge in [-0.3, -0.25) is 24.4 Å². The highest BCUT2D eigenvalue weighted by atomic mass is 16.6. The summed E-state index contributed by atoms with van der Waals surface area (Å²) in [5.41, 5.74) is -0.152. The van der Waals surface area contributed by atoms with Crippen molar-refractivity contribution in [1.29, 1.82) is 0 Å². The maximum atomic E-state index is 12.0. The number of carboxylic acid groups (broad SMARTS) is 1. The zero-order valence-corrected chi connectivity index (χ0v) is 10.6. The Morgan fingerprint density at radius 2 is 2.10 bits per heavy atom. The molecule has 21 heavy (non-hydrogen) atoms. The first-order valence-electron chi connectivity index (χ1n) is 5.76. The highest BCUT2D eigenvalue weighted by molar-refractivity contribution is 6.06. The maximum Gasteiger partial charge on any atom is 0.325 e. The third-order valence-corrected chi connectivity index (χ3v) is 2.53. The van der Waals surface area contributed by atoms with E-state index in [-0.39, 0.29) is 23.5 Å². The molecule has 0 aliphatic heterocycles. The molecule has 1 amide bonds. The minimum atomic E-state index is -1.07. The van der Waals surface area contributed by atoms with Crippen molar-refractivity contribution in [1.82, 2.24) is 9.78 Å². The van der Waals surface area contributed by atoms with Crippen molar-refractivity contribution in [2.45, 2.75) is 6.54 Å². The van der Waals surface area contributed by atoms with Crippen molar-refractivity contribution in [3.63, 3.8) is 0 Å². The summed E-state index contributed by atoms with van der Waals surface area (Å²) in [5, 5.41) is 25.6. The van der Waals surface area contributed by atoms with Gasteiger partial charge in [0, 0.05) is 12.3 Å². The van der Waals surface area contributed by atoms with Gasteiger partial charge < -0.3 is 10.4 Å². The Kier molecular flexibility index (Phi) is 3.93. The molecule has 108 valence electrons. The van der Waals surface area contributed by atoms with Gasteiger partial charge in [0.1, 0.15) is 12.1 Å². The van der Waals surface area contributed by atoms with E-state index in [1.54, 1.807) is 0 Å². The number of hydrogen-bond donors (Lipinski definition) is 2. The lowest BCUT2D eigenvalue weighted by Crippen LogP contribution is -2.13. The first-order valence-corrected chi connectivity index (χ1v) is 5.76. The number of rotatable bonds is 5. The van der Waals surface area contributed by atoms with Gasteiger partial charge in [-0.05, 0) is 6.07 Å². The molecule has 0 saturated carbocycles. The van der Waals surface area contributed by atoms with Crippen LogP contribution in [0.4, 0.5) is 11.4 Å². The molecule has 0 unspecified atom stereocenters. The molecule has 0 radical (unpaired) electrons. The van der Waals surface area contributed by atoms with Gasteiger partial charge in [0.05, 0.1) is 16.8 Å². The first kappa shape index (κ1) is 14.2. The number of benzene rings is 1. The number of nitrogens with one attached hydrogen (secondary N) is 1. The molecule has 0 fully saturated rings. The fourth-order valence-corrected chi connectivity index (χ4v) is 1.68. The lowest BCUT2D eigenvalue weighted by Gasteiger charge is -2.03. The lowest BCUT2D eigenvalue weighted by molar-refractivity contribution is -0.385. The molecule has 1 aromatic carbocycles. The predicted molar refractivity (Wildman–Crippen MR) is 70.9 cm³/mol. The highest BCUT2D eigenvalue weighted by Crippen LogP contribution is 2.19. The first-order chi connectivity index (χ1) is 9.97. The molecular formula is C12H10N4O5. The van der Waals surface area contributed by atoms with Gasteiger partial charge in [0.2, 0.25) is 0 Å². The minimum absolute atomic E-state index is 0.0894. The van der Waals surface area contributed by atoms with Gasteiger partial charge in [0.15, 0.2) is 0 Å². The van der Waals surface area contributed by atoms with Gasteiger partial charge in [-0.1, -0.05) is 12.1 Å². The van der Waals surface area contributed by atoms with E-state index in [9.17, 15) is 19.7 Å². The summed E-state index contributed by atoms with van der Waals surface area (Å²) in [4.78, 5) is 32.7. The predicted octanol–water partition coefficient (Wildman–Crippen LogP) is 1.13. The molecule has 0 saturated heterocycles. The van der Waals surface area contributed by atoms with E-state index < -0.39 is 16.8 Å². The number of carboxylic acids is 1. The molecule has 1 heterocycles. The summed E-state index contributed by atoms with van der Waals surface area (Å²) in [6.07, 6.45) is 2.58. The number of carbonyl (C=O) groups excluding carboxylic acids is 1. The third kappa shape index (κ3) is 3.41. The second kappa shape index (κ2) is 5.82.